The zero-order chi connectivity index (χ0) is 7.23. The van der Waals surface area contributed by atoms with Gasteiger partial charge in [-0.3, -0.25) is 0 Å². The molecule has 0 bridgehead atoms. The molecule has 0 spiro atoms. The first-order valence-electron chi connectivity index (χ1n) is 3.06. The molecule has 0 aromatic carbocycles. The van der Waals surface area contributed by atoms with Crippen LogP contribution in [-0.4, -0.2) is 23.0 Å². The number of nitrogens with one attached hydrogen (secondary N) is 1. The van der Waals surface area contributed by atoms with Crippen molar-refractivity contribution >= 4 is 12.2 Å². The summed E-state index contributed by atoms with van der Waals surface area (Å²) < 4.78 is 4.87. The topological polar surface area (TPSA) is 50.3 Å². The molecule has 1 aromatic heterocycles. The number of aromatic amines is 1. The predicted molar refractivity (Wildman–Crippen MR) is 38.4 cm³/mol. The van der Waals surface area contributed by atoms with E-state index in [1.165, 1.54) is 6.40 Å². The van der Waals surface area contributed by atoms with E-state index in [0.717, 1.165) is 0 Å². The Labute approximate surface area is 59.0 Å². The number of hydrogen-bond acceptors (Lipinski definition) is 3. The van der Waals surface area contributed by atoms with Gasteiger partial charge in [0.05, 0.1) is 19.1 Å². The van der Waals surface area contributed by atoms with Crippen LogP contribution in [0.3, 0.4) is 0 Å². The molecule has 0 aliphatic rings. The quantitative estimate of drug-likeness (QED) is 0.503. The van der Waals surface area contributed by atoms with Gasteiger partial charge in [0.25, 0.3) is 0 Å². The van der Waals surface area contributed by atoms with Gasteiger partial charge in [0.2, 0.25) is 0 Å². The van der Waals surface area contributed by atoms with Crippen LogP contribution in [0.15, 0.2) is 17.5 Å². The van der Waals surface area contributed by atoms with E-state index in [1.54, 1.807) is 12.5 Å². The van der Waals surface area contributed by atoms with Crippen molar-refractivity contribution in [2.24, 2.45) is 4.99 Å². The maximum Gasteiger partial charge on any atom is 0.176 e. The van der Waals surface area contributed by atoms with Crippen LogP contribution < -0.4 is 0 Å². The number of H-pyrrole nitrogens is 1. The molecule has 1 heterocycles. The molecule has 0 atom stereocenters. The van der Waals surface area contributed by atoms with Crippen LogP contribution in [0.4, 0.5) is 5.82 Å². The highest BCUT2D eigenvalue weighted by molar-refractivity contribution is 5.52. The Balaban J connectivity index is 2.40. The maximum atomic E-state index is 4.87. The van der Waals surface area contributed by atoms with Crippen molar-refractivity contribution in [1.29, 1.82) is 0 Å². The highest BCUT2D eigenvalue weighted by Gasteiger charge is 1.83. The number of imidazole rings is 1. The second-order valence-corrected chi connectivity index (χ2v) is 1.63. The lowest BCUT2D eigenvalue weighted by molar-refractivity contribution is 0.344. The van der Waals surface area contributed by atoms with Gasteiger partial charge in [0.1, 0.15) is 0 Å². The summed E-state index contributed by atoms with van der Waals surface area (Å²) in [5.41, 5.74) is 0. The monoisotopic (exact) mass is 139 g/mol. The van der Waals surface area contributed by atoms with Crippen molar-refractivity contribution in [2.75, 3.05) is 6.61 Å². The summed E-state index contributed by atoms with van der Waals surface area (Å²) in [4.78, 5) is 10.5. The fourth-order valence-corrected chi connectivity index (χ4v) is 0.488. The van der Waals surface area contributed by atoms with Gasteiger partial charge in [-0.15, -0.1) is 0 Å². The minimum atomic E-state index is 0.637. The summed E-state index contributed by atoms with van der Waals surface area (Å²) in [7, 11) is 0. The summed E-state index contributed by atoms with van der Waals surface area (Å²) in [6.45, 7) is 2.54. The summed E-state index contributed by atoms with van der Waals surface area (Å²) in [5, 5.41) is 0. The normalized spacial score (nSPS) is 10.5. The van der Waals surface area contributed by atoms with Crippen LogP contribution in [0.1, 0.15) is 6.92 Å². The minimum Gasteiger partial charge on any atom is -0.483 e. The Morgan fingerprint density at radius 1 is 1.90 bits per heavy atom. The summed E-state index contributed by atoms with van der Waals surface area (Å²) >= 11 is 0. The van der Waals surface area contributed by atoms with Gasteiger partial charge < -0.3 is 9.72 Å². The Bertz CT molecular complexity index is 193. The second-order valence-electron chi connectivity index (χ2n) is 1.63. The van der Waals surface area contributed by atoms with Crippen molar-refractivity contribution in [1.82, 2.24) is 9.97 Å². The molecule has 0 saturated heterocycles. The van der Waals surface area contributed by atoms with Gasteiger partial charge >= 0.3 is 0 Å². The fraction of sp³-hybridized carbons (Fsp3) is 0.333. The standard InChI is InChI=1S/C6H9N3O/c1-2-10-5-9-6-3-7-4-8-6/h3-5H,2H2,1H3,(H,7,8). The molecule has 0 fully saturated rings. The van der Waals surface area contributed by atoms with Gasteiger partial charge in [0, 0.05) is 0 Å². The van der Waals surface area contributed by atoms with E-state index in [9.17, 15) is 0 Å². The number of nitrogens with zero attached hydrogens (tertiary/aromatic N) is 2. The summed E-state index contributed by atoms with van der Waals surface area (Å²) in [6.07, 6.45) is 4.58. The zero-order valence-corrected chi connectivity index (χ0v) is 5.74. The molecule has 0 amide bonds. The third kappa shape index (κ3) is 1.89. The molecule has 1 N–H and O–H groups in total. The first kappa shape index (κ1) is 6.80. The van der Waals surface area contributed by atoms with Crippen molar-refractivity contribution < 1.29 is 4.74 Å². The first-order valence-corrected chi connectivity index (χ1v) is 3.06. The number of rotatable bonds is 3. The Hall–Kier alpha value is -1.32. The Kier molecular flexibility index (Phi) is 2.49. The Morgan fingerprint density at radius 2 is 2.80 bits per heavy atom. The molecule has 10 heavy (non-hydrogen) atoms. The van der Waals surface area contributed by atoms with E-state index >= 15 is 0 Å². The number of ether oxygens (including phenoxy) is 1. The molecular formula is C6H9N3O. The Morgan fingerprint density at radius 3 is 3.40 bits per heavy atom. The van der Waals surface area contributed by atoms with Crippen LogP contribution in [0.25, 0.3) is 0 Å². The predicted octanol–water partition coefficient (Wildman–Crippen LogP) is 1.11. The van der Waals surface area contributed by atoms with E-state index < -0.39 is 0 Å². The van der Waals surface area contributed by atoms with Crippen molar-refractivity contribution in [3.63, 3.8) is 0 Å². The molecule has 0 aliphatic heterocycles. The molecule has 1 aromatic rings. The minimum absolute atomic E-state index is 0.637. The lowest BCUT2D eigenvalue weighted by Crippen LogP contribution is -1.83. The third-order valence-electron chi connectivity index (χ3n) is 0.917. The molecule has 0 saturated carbocycles. The van der Waals surface area contributed by atoms with Crippen molar-refractivity contribution in [3.05, 3.63) is 12.5 Å². The van der Waals surface area contributed by atoms with Crippen LogP contribution in [0.2, 0.25) is 0 Å². The molecular weight excluding hydrogens is 130 g/mol. The summed E-state index contributed by atoms with van der Waals surface area (Å²) in [5.74, 6) is 0.702. The molecule has 4 heteroatoms. The van der Waals surface area contributed by atoms with Crippen LogP contribution >= 0.6 is 0 Å². The van der Waals surface area contributed by atoms with E-state index in [0.29, 0.717) is 12.4 Å². The van der Waals surface area contributed by atoms with Gasteiger partial charge in [-0.05, 0) is 6.92 Å². The molecule has 0 unspecified atom stereocenters. The van der Waals surface area contributed by atoms with E-state index in [4.69, 9.17) is 4.74 Å². The van der Waals surface area contributed by atoms with Gasteiger partial charge in [-0.25, -0.2) is 9.98 Å². The van der Waals surface area contributed by atoms with Crippen LogP contribution in [-0.2, 0) is 4.74 Å². The van der Waals surface area contributed by atoms with E-state index in [-0.39, 0.29) is 0 Å². The maximum absolute atomic E-state index is 4.87. The highest BCUT2D eigenvalue weighted by atomic mass is 16.5. The second kappa shape index (κ2) is 3.66. The van der Waals surface area contributed by atoms with Gasteiger partial charge in [-0.2, -0.15) is 0 Å². The molecule has 4 nitrogen and oxygen atoms in total. The van der Waals surface area contributed by atoms with Gasteiger partial charge in [-0.1, -0.05) is 0 Å². The SMILES string of the molecule is CCOC=Nc1cnc[nH]1. The lowest BCUT2D eigenvalue weighted by atomic mass is 10.8. The van der Waals surface area contributed by atoms with Crippen molar-refractivity contribution in [3.8, 4) is 0 Å². The summed E-state index contributed by atoms with van der Waals surface area (Å²) in [6, 6.07) is 0. The van der Waals surface area contributed by atoms with Gasteiger partial charge in [0.15, 0.2) is 12.2 Å². The van der Waals surface area contributed by atoms with Crippen LogP contribution in [0.5, 0.6) is 0 Å². The van der Waals surface area contributed by atoms with E-state index in [2.05, 4.69) is 15.0 Å². The lowest BCUT2D eigenvalue weighted by Gasteiger charge is -1.88. The molecule has 0 radical (unpaired) electrons. The largest absolute Gasteiger partial charge is 0.483 e. The number of aliphatic imine (C=N–C) groups is 1. The fourth-order valence-electron chi connectivity index (χ4n) is 0.488. The molecule has 0 aliphatic carbocycles. The zero-order valence-electron chi connectivity index (χ0n) is 5.74. The third-order valence-corrected chi connectivity index (χ3v) is 0.917. The smallest absolute Gasteiger partial charge is 0.176 e. The molecule has 1 rings (SSSR count). The number of hydrogen-bond donors (Lipinski definition) is 1. The molecule has 54 valence electrons. The first-order chi connectivity index (χ1) is 4.93. The van der Waals surface area contributed by atoms with Crippen LogP contribution in [0, 0.1) is 0 Å². The average molecular weight is 139 g/mol. The highest BCUT2D eigenvalue weighted by Crippen LogP contribution is 2.00. The number of aromatic nitrogens is 2. The van der Waals surface area contributed by atoms with E-state index in [1.807, 2.05) is 6.92 Å². The van der Waals surface area contributed by atoms with Crippen molar-refractivity contribution in [2.45, 2.75) is 6.92 Å². The average Bonchev–Trinajstić information content (AvgIpc) is 2.41.